The van der Waals surface area contributed by atoms with E-state index in [2.05, 4.69) is 5.32 Å². The standard InChI is InChI=1S/C14H18N2O4S/c1-15-14(19)16-12(17)8-20-13(18)11-7-9-5-3-2-4-6-10(9)21-11/h7H,2-6,8H2,1H3,(H2,15,16,17,19). The van der Waals surface area contributed by atoms with Gasteiger partial charge in [-0.3, -0.25) is 10.1 Å². The zero-order valence-electron chi connectivity index (χ0n) is 11.9. The minimum atomic E-state index is -0.652. The Morgan fingerprint density at radius 3 is 2.76 bits per heavy atom. The molecule has 0 atom stereocenters. The topological polar surface area (TPSA) is 84.5 Å². The number of rotatable bonds is 3. The van der Waals surface area contributed by atoms with Crippen LogP contribution in [0.1, 0.15) is 39.4 Å². The highest BCUT2D eigenvalue weighted by Gasteiger charge is 2.18. The number of imide groups is 1. The summed E-state index contributed by atoms with van der Waals surface area (Å²) < 4.78 is 4.92. The molecule has 1 heterocycles. The van der Waals surface area contributed by atoms with Crippen molar-refractivity contribution in [2.24, 2.45) is 0 Å². The largest absolute Gasteiger partial charge is 0.451 e. The third kappa shape index (κ3) is 4.29. The second-order valence-corrected chi connectivity index (χ2v) is 5.96. The van der Waals surface area contributed by atoms with Crippen molar-refractivity contribution >= 4 is 29.2 Å². The maximum absolute atomic E-state index is 11.9. The van der Waals surface area contributed by atoms with Crippen molar-refractivity contribution < 1.29 is 19.1 Å². The van der Waals surface area contributed by atoms with E-state index in [1.807, 2.05) is 11.4 Å². The van der Waals surface area contributed by atoms with Gasteiger partial charge in [0.25, 0.3) is 5.91 Å². The van der Waals surface area contributed by atoms with Crippen LogP contribution in [0, 0.1) is 0 Å². The molecule has 0 radical (unpaired) electrons. The van der Waals surface area contributed by atoms with Crippen LogP contribution in [0.2, 0.25) is 0 Å². The van der Waals surface area contributed by atoms with Gasteiger partial charge in [0.1, 0.15) is 4.88 Å². The van der Waals surface area contributed by atoms with Crippen LogP contribution in [0.4, 0.5) is 4.79 Å². The average molecular weight is 310 g/mol. The van der Waals surface area contributed by atoms with E-state index < -0.39 is 24.5 Å². The zero-order valence-corrected chi connectivity index (χ0v) is 12.7. The van der Waals surface area contributed by atoms with E-state index >= 15 is 0 Å². The van der Waals surface area contributed by atoms with Crippen LogP contribution in [0.3, 0.4) is 0 Å². The van der Waals surface area contributed by atoms with Gasteiger partial charge in [-0.15, -0.1) is 11.3 Å². The molecule has 21 heavy (non-hydrogen) atoms. The van der Waals surface area contributed by atoms with Crippen LogP contribution in [-0.2, 0) is 22.4 Å². The second kappa shape index (κ2) is 7.21. The third-order valence-electron chi connectivity index (χ3n) is 3.26. The van der Waals surface area contributed by atoms with Gasteiger partial charge in [-0.05, 0) is 37.3 Å². The number of carbonyl (C=O) groups is 3. The molecule has 7 heteroatoms. The van der Waals surface area contributed by atoms with Gasteiger partial charge in [0, 0.05) is 11.9 Å². The summed E-state index contributed by atoms with van der Waals surface area (Å²) in [5, 5.41) is 4.28. The van der Waals surface area contributed by atoms with Gasteiger partial charge in [0.2, 0.25) is 0 Å². The third-order valence-corrected chi connectivity index (χ3v) is 4.48. The molecule has 0 bridgehead atoms. The Labute approximate surface area is 126 Å². The minimum Gasteiger partial charge on any atom is -0.451 e. The fourth-order valence-electron chi connectivity index (χ4n) is 2.20. The van der Waals surface area contributed by atoms with Crippen molar-refractivity contribution in [2.45, 2.75) is 32.1 Å². The molecular weight excluding hydrogens is 292 g/mol. The molecule has 0 aromatic carbocycles. The van der Waals surface area contributed by atoms with E-state index in [0.717, 1.165) is 25.7 Å². The molecule has 114 valence electrons. The fourth-order valence-corrected chi connectivity index (χ4v) is 3.34. The lowest BCUT2D eigenvalue weighted by Crippen LogP contribution is -2.39. The van der Waals surface area contributed by atoms with Crippen molar-refractivity contribution in [3.05, 3.63) is 21.4 Å². The molecule has 2 rings (SSSR count). The van der Waals surface area contributed by atoms with E-state index in [1.54, 1.807) is 0 Å². The molecule has 1 aromatic rings. The van der Waals surface area contributed by atoms with Crippen LogP contribution in [0.15, 0.2) is 6.07 Å². The molecule has 1 aromatic heterocycles. The second-order valence-electron chi connectivity index (χ2n) is 4.82. The predicted molar refractivity (Wildman–Crippen MR) is 78.5 cm³/mol. The van der Waals surface area contributed by atoms with Gasteiger partial charge in [-0.25, -0.2) is 9.59 Å². The number of hydrogen-bond acceptors (Lipinski definition) is 5. The molecule has 0 saturated carbocycles. The average Bonchev–Trinajstić information content (AvgIpc) is 2.76. The van der Waals surface area contributed by atoms with E-state index in [9.17, 15) is 14.4 Å². The summed E-state index contributed by atoms with van der Waals surface area (Å²) in [7, 11) is 1.40. The number of amides is 3. The highest BCUT2D eigenvalue weighted by molar-refractivity contribution is 7.14. The van der Waals surface area contributed by atoms with E-state index in [1.165, 1.54) is 35.2 Å². The van der Waals surface area contributed by atoms with Gasteiger partial charge >= 0.3 is 12.0 Å². The van der Waals surface area contributed by atoms with E-state index in [0.29, 0.717) is 4.88 Å². The fraction of sp³-hybridized carbons (Fsp3) is 0.500. The molecule has 2 N–H and O–H groups in total. The van der Waals surface area contributed by atoms with Gasteiger partial charge in [0.15, 0.2) is 6.61 Å². The lowest BCUT2D eigenvalue weighted by Gasteiger charge is -2.04. The summed E-state index contributed by atoms with van der Waals surface area (Å²) in [5.41, 5.74) is 1.22. The normalized spacial score (nSPS) is 13.8. The summed E-state index contributed by atoms with van der Waals surface area (Å²) in [6.07, 6.45) is 5.52. The summed E-state index contributed by atoms with van der Waals surface area (Å²) >= 11 is 1.44. The molecule has 1 aliphatic rings. The van der Waals surface area contributed by atoms with Crippen LogP contribution < -0.4 is 10.6 Å². The summed E-state index contributed by atoms with van der Waals surface area (Å²) in [6, 6.07) is 1.24. The summed E-state index contributed by atoms with van der Waals surface area (Å²) in [6.45, 7) is -0.463. The molecule has 0 saturated heterocycles. The van der Waals surface area contributed by atoms with Crippen molar-refractivity contribution in [1.29, 1.82) is 0 Å². The lowest BCUT2D eigenvalue weighted by molar-refractivity contribution is -0.123. The first-order valence-corrected chi connectivity index (χ1v) is 7.72. The molecule has 6 nitrogen and oxygen atoms in total. The summed E-state index contributed by atoms with van der Waals surface area (Å²) in [4.78, 5) is 35.9. The van der Waals surface area contributed by atoms with Gasteiger partial charge in [0.05, 0.1) is 0 Å². The first-order chi connectivity index (χ1) is 10.1. The Kier molecular flexibility index (Phi) is 5.32. The van der Waals surface area contributed by atoms with Crippen LogP contribution in [0.5, 0.6) is 0 Å². The molecule has 0 aliphatic heterocycles. The first-order valence-electron chi connectivity index (χ1n) is 6.90. The predicted octanol–water partition coefficient (Wildman–Crippen LogP) is 1.63. The molecule has 0 unspecified atom stereocenters. The number of aryl methyl sites for hydroxylation is 2. The Bertz CT molecular complexity index is 530. The van der Waals surface area contributed by atoms with Crippen molar-refractivity contribution in [3.8, 4) is 0 Å². The highest BCUT2D eigenvalue weighted by Crippen LogP contribution is 2.29. The maximum atomic E-state index is 11.9. The number of esters is 1. The van der Waals surface area contributed by atoms with E-state index in [4.69, 9.17) is 4.74 Å². The Balaban J connectivity index is 1.89. The van der Waals surface area contributed by atoms with Gasteiger partial charge < -0.3 is 10.1 Å². The Morgan fingerprint density at radius 1 is 1.24 bits per heavy atom. The van der Waals surface area contributed by atoms with Gasteiger partial charge in [-0.2, -0.15) is 0 Å². The number of thiophene rings is 1. The highest BCUT2D eigenvalue weighted by atomic mass is 32.1. The Hall–Kier alpha value is -1.89. The van der Waals surface area contributed by atoms with Crippen LogP contribution in [-0.4, -0.2) is 31.6 Å². The van der Waals surface area contributed by atoms with E-state index in [-0.39, 0.29) is 0 Å². The number of fused-ring (bicyclic) bond motifs is 1. The lowest BCUT2D eigenvalue weighted by atomic mass is 10.1. The van der Waals surface area contributed by atoms with Crippen molar-refractivity contribution in [3.63, 3.8) is 0 Å². The number of urea groups is 1. The van der Waals surface area contributed by atoms with Crippen molar-refractivity contribution in [2.75, 3.05) is 13.7 Å². The number of nitrogens with one attached hydrogen (secondary N) is 2. The summed E-state index contributed by atoms with van der Waals surface area (Å²) in [5.74, 6) is -1.17. The monoisotopic (exact) mass is 310 g/mol. The number of ether oxygens (including phenoxy) is 1. The quantitative estimate of drug-likeness (QED) is 0.656. The molecule has 1 aliphatic carbocycles. The number of carbonyl (C=O) groups excluding carboxylic acids is 3. The van der Waals surface area contributed by atoms with Crippen LogP contribution >= 0.6 is 11.3 Å². The molecule has 0 spiro atoms. The maximum Gasteiger partial charge on any atom is 0.348 e. The van der Waals surface area contributed by atoms with Gasteiger partial charge in [-0.1, -0.05) is 6.42 Å². The van der Waals surface area contributed by atoms with Crippen LogP contribution in [0.25, 0.3) is 0 Å². The Morgan fingerprint density at radius 2 is 2.00 bits per heavy atom. The molecule has 3 amide bonds. The molecule has 0 fully saturated rings. The SMILES string of the molecule is CNC(=O)NC(=O)COC(=O)c1cc2c(s1)CCCCC2. The zero-order chi connectivity index (χ0) is 15.2. The molecular formula is C14H18N2O4S. The number of hydrogen-bond donors (Lipinski definition) is 2. The smallest absolute Gasteiger partial charge is 0.348 e. The first kappa shape index (κ1) is 15.5. The minimum absolute atomic E-state index is 0.463. The van der Waals surface area contributed by atoms with Crippen molar-refractivity contribution in [1.82, 2.24) is 10.6 Å².